The van der Waals surface area contributed by atoms with Crippen LogP contribution in [0.2, 0.25) is 5.15 Å². The van der Waals surface area contributed by atoms with Crippen molar-refractivity contribution in [2.75, 3.05) is 5.32 Å². The van der Waals surface area contributed by atoms with Crippen molar-refractivity contribution in [2.24, 2.45) is 0 Å². The van der Waals surface area contributed by atoms with Gasteiger partial charge in [0.2, 0.25) is 0 Å². The SMILES string of the molecule is C#CNc1cccc(Cl)n1. The molecule has 2 nitrogen and oxygen atoms in total. The Morgan fingerprint density at radius 1 is 1.60 bits per heavy atom. The van der Waals surface area contributed by atoms with Gasteiger partial charge in [0.1, 0.15) is 11.0 Å². The lowest BCUT2D eigenvalue weighted by atomic mass is 10.5. The van der Waals surface area contributed by atoms with Crippen LogP contribution in [0.4, 0.5) is 5.82 Å². The molecule has 0 radical (unpaired) electrons. The minimum Gasteiger partial charge on any atom is -0.300 e. The fraction of sp³-hybridized carbons (Fsp3) is 0. The maximum absolute atomic E-state index is 5.56. The lowest BCUT2D eigenvalue weighted by Gasteiger charge is -1.95. The Hall–Kier alpha value is -1.20. The van der Waals surface area contributed by atoms with E-state index in [4.69, 9.17) is 18.0 Å². The van der Waals surface area contributed by atoms with Crippen molar-refractivity contribution < 1.29 is 0 Å². The Bertz CT molecular complexity index is 265. The van der Waals surface area contributed by atoms with Crippen molar-refractivity contribution in [2.45, 2.75) is 0 Å². The highest BCUT2D eigenvalue weighted by molar-refractivity contribution is 6.29. The molecule has 1 N–H and O–H groups in total. The number of nitrogens with one attached hydrogen (secondary N) is 1. The Morgan fingerprint density at radius 2 is 2.40 bits per heavy atom. The molecular weight excluding hydrogens is 148 g/mol. The average Bonchev–Trinajstić information content (AvgIpc) is 1.88. The van der Waals surface area contributed by atoms with E-state index in [1.165, 1.54) is 0 Å². The van der Waals surface area contributed by atoms with Gasteiger partial charge < -0.3 is 0 Å². The molecule has 0 fully saturated rings. The first-order valence-electron chi connectivity index (χ1n) is 2.67. The summed E-state index contributed by atoms with van der Waals surface area (Å²) in [6.45, 7) is 0. The van der Waals surface area contributed by atoms with Gasteiger partial charge in [-0.05, 0) is 12.1 Å². The summed E-state index contributed by atoms with van der Waals surface area (Å²) in [5.74, 6) is 0.593. The van der Waals surface area contributed by atoms with Crippen LogP contribution in [0, 0.1) is 12.5 Å². The fourth-order valence-corrected chi connectivity index (χ4v) is 0.716. The van der Waals surface area contributed by atoms with E-state index in [-0.39, 0.29) is 0 Å². The molecule has 0 bridgehead atoms. The maximum atomic E-state index is 5.56. The molecule has 0 saturated carbocycles. The van der Waals surface area contributed by atoms with Crippen LogP contribution in [-0.2, 0) is 0 Å². The van der Waals surface area contributed by atoms with E-state index in [1.807, 2.05) is 0 Å². The van der Waals surface area contributed by atoms with Crippen molar-refractivity contribution in [1.82, 2.24) is 4.98 Å². The van der Waals surface area contributed by atoms with Crippen LogP contribution in [0.1, 0.15) is 0 Å². The molecule has 0 unspecified atom stereocenters. The molecule has 50 valence electrons. The monoisotopic (exact) mass is 152 g/mol. The van der Waals surface area contributed by atoms with Gasteiger partial charge in [-0.3, -0.25) is 5.32 Å². The van der Waals surface area contributed by atoms with Crippen molar-refractivity contribution in [3.8, 4) is 12.5 Å². The van der Waals surface area contributed by atoms with Gasteiger partial charge in [-0.1, -0.05) is 24.1 Å². The number of aromatic nitrogens is 1. The summed E-state index contributed by atoms with van der Waals surface area (Å²) in [5.41, 5.74) is 0. The second kappa shape index (κ2) is 3.09. The summed E-state index contributed by atoms with van der Waals surface area (Å²) in [5, 5.41) is 3.01. The van der Waals surface area contributed by atoms with Crippen LogP contribution in [-0.4, -0.2) is 4.98 Å². The standard InChI is InChI=1S/C7H5ClN2/c1-2-9-7-5-3-4-6(8)10-7/h1,3-5H,(H,9,10). The van der Waals surface area contributed by atoms with Gasteiger partial charge in [0.15, 0.2) is 0 Å². The zero-order valence-electron chi connectivity index (χ0n) is 5.13. The number of anilines is 1. The van der Waals surface area contributed by atoms with E-state index in [0.717, 1.165) is 0 Å². The van der Waals surface area contributed by atoms with E-state index in [1.54, 1.807) is 18.2 Å². The normalized spacial score (nSPS) is 8.40. The number of nitrogens with zero attached hydrogens (tertiary/aromatic N) is 1. The van der Waals surface area contributed by atoms with Crippen molar-refractivity contribution >= 4 is 17.4 Å². The molecule has 3 heteroatoms. The summed E-state index contributed by atoms with van der Waals surface area (Å²) in [6, 6.07) is 7.44. The van der Waals surface area contributed by atoms with Gasteiger partial charge in [0, 0.05) is 6.04 Å². The third-order valence-electron chi connectivity index (χ3n) is 0.915. The second-order valence-electron chi connectivity index (χ2n) is 1.61. The molecule has 1 heterocycles. The van der Waals surface area contributed by atoms with Gasteiger partial charge in [-0.25, -0.2) is 4.98 Å². The maximum Gasteiger partial charge on any atom is 0.139 e. The molecule has 1 aromatic heterocycles. The first kappa shape index (κ1) is 6.91. The second-order valence-corrected chi connectivity index (χ2v) is 2.00. The molecule has 0 aliphatic heterocycles. The number of rotatable bonds is 1. The Kier molecular flexibility index (Phi) is 2.14. The van der Waals surface area contributed by atoms with Gasteiger partial charge in [0.05, 0.1) is 0 Å². The summed E-state index contributed by atoms with van der Waals surface area (Å²) in [7, 11) is 0. The molecule has 0 aromatic carbocycles. The van der Waals surface area contributed by atoms with Crippen LogP contribution < -0.4 is 5.32 Å². The highest BCUT2D eigenvalue weighted by atomic mass is 35.5. The summed E-state index contributed by atoms with van der Waals surface area (Å²) in [4.78, 5) is 3.87. The molecule has 0 saturated heterocycles. The first-order valence-corrected chi connectivity index (χ1v) is 3.05. The lowest BCUT2D eigenvalue weighted by Crippen LogP contribution is -1.89. The molecule has 0 amide bonds. The van der Waals surface area contributed by atoms with Crippen LogP contribution >= 0.6 is 11.6 Å². The van der Waals surface area contributed by atoms with Gasteiger partial charge >= 0.3 is 0 Å². The van der Waals surface area contributed by atoms with Crippen LogP contribution in [0.3, 0.4) is 0 Å². The lowest BCUT2D eigenvalue weighted by molar-refractivity contribution is 1.32. The quantitative estimate of drug-likeness (QED) is 0.377. The summed E-state index contributed by atoms with van der Waals surface area (Å²) in [6.07, 6.45) is 4.97. The zero-order valence-corrected chi connectivity index (χ0v) is 5.89. The highest BCUT2D eigenvalue weighted by Crippen LogP contribution is 2.07. The summed E-state index contributed by atoms with van der Waals surface area (Å²) < 4.78 is 0. The van der Waals surface area contributed by atoms with Gasteiger partial charge in [-0.15, -0.1) is 0 Å². The van der Waals surface area contributed by atoms with Crippen LogP contribution in [0.15, 0.2) is 18.2 Å². The average molecular weight is 153 g/mol. The molecule has 0 atom stereocenters. The molecule has 0 aliphatic rings. The third-order valence-corrected chi connectivity index (χ3v) is 1.13. The topological polar surface area (TPSA) is 24.9 Å². The van der Waals surface area contributed by atoms with Crippen molar-refractivity contribution in [1.29, 1.82) is 0 Å². The Balaban J connectivity index is 2.87. The molecular formula is C7H5ClN2. The third kappa shape index (κ3) is 1.64. The Labute approximate surface area is 64.2 Å². The zero-order chi connectivity index (χ0) is 7.40. The Morgan fingerprint density at radius 3 is 3.00 bits per heavy atom. The molecule has 10 heavy (non-hydrogen) atoms. The number of pyridine rings is 1. The van der Waals surface area contributed by atoms with Gasteiger partial charge in [-0.2, -0.15) is 0 Å². The predicted octanol–water partition coefficient (Wildman–Crippen LogP) is 1.74. The molecule has 1 aromatic rings. The molecule has 0 spiro atoms. The van der Waals surface area contributed by atoms with E-state index in [2.05, 4.69) is 16.3 Å². The summed E-state index contributed by atoms with van der Waals surface area (Å²) >= 11 is 5.56. The number of hydrogen-bond acceptors (Lipinski definition) is 2. The van der Waals surface area contributed by atoms with E-state index in [9.17, 15) is 0 Å². The van der Waals surface area contributed by atoms with Crippen molar-refractivity contribution in [3.05, 3.63) is 23.4 Å². The minimum absolute atomic E-state index is 0.431. The van der Waals surface area contributed by atoms with E-state index >= 15 is 0 Å². The number of hydrogen-bond donors (Lipinski definition) is 1. The fourth-order valence-electron chi connectivity index (χ4n) is 0.552. The van der Waals surface area contributed by atoms with Crippen LogP contribution in [0.5, 0.6) is 0 Å². The van der Waals surface area contributed by atoms with Crippen LogP contribution in [0.25, 0.3) is 0 Å². The minimum atomic E-state index is 0.431. The molecule has 1 rings (SSSR count). The number of terminal acetylenes is 1. The largest absolute Gasteiger partial charge is 0.300 e. The number of halogens is 1. The van der Waals surface area contributed by atoms with E-state index in [0.29, 0.717) is 11.0 Å². The predicted molar refractivity (Wildman–Crippen MR) is 41.7 cm³/mol. The van der Waals surface area contributed by atoms with Crippen molar-refractivity contribution in [3.63, 3.8) is 0 Å². The first-order chi connectivity index (χ1) is 4.83. The van der Waals surface area contributed by atoms with E-state index < -0.39 is 0 Å². The highest BCUT2D eigenvalue weighted by Gasteiger charge is 1.89. The van der Waals surface area contributed by atoms with Gasteiger partial charge in [0.25, 0.3) is 0 Å². The molecule has 0 aliphatic carbocycles. The smallest absolute Gasteiger partial charge is 0.139 e.